The Labute approximate surface area is 547 Å². The average molecular weight is 1610 g/mol. The fourth-order valence-corrected chi connectivity index (χ4v) is 14.2. The lowest BCUT2D eigenvalue weighted by molar-refractivity contribution is -0.488. The Hall–Kier alpha value is -4.72. The van der Waals surface area contributed by atoms with Gasteiger partial charge in [-0.2, -0.15) is 130 Å². The van der Waals surface area contributed by atoms with Crippen LogP contribution in [0.2, 0.25) is 0 Å². The Morgan fingerprint density at radius 3 is 0.747 bits per heavy atom. The molecule has 5 amide bonds. The van der Waals surface area contributed by atoms with Gasteiger partial charge in [0.05, 0.1) is 56.5 Å². The van der Waals surface area contributed by atoms with Crippen molar-refractivity contribution in [3.63, 3.8) is 0 Å². The molecule has 0 aliphatic carbocycles. The van der Waals surface area contributed by atoms with E-state index >= 15 is 30.7 Å². The van der Waals surface area contributed by atoms with Gasteiger partial charge < -0.3 is 26.6 Å². The van der Waals surface area contributed by atoms with Crippen molar-refractivity contribution in [2.45, 2.75) is 190 Å². The molecule has 27 nitrogen and oxygen atoms in total. The van der Waals surface area contributed by atoms with E-state index in [-0.39, 0.29) is 13.8 Å². The van der Waals surface area contributed by atoms with Gasteiger partial charge in [-0.25, -0.2) is 8.78 Å². The van der Waals surface area contributed by atoms with Gasteiger partial charge in [0.2, 0.25) is 29.5 Å². The summed E-state index contributed by atoms with van der Waals surface area (Å²) in [5, 5.41) is 7.15. The van der Waals surface area contributed by atoms with Gasteiger partial charge in [-0.1, -0.05) is 0 Å². The zero-order valence-corrected chi connectivity index (χ0v) is 56.1. The first-order valence-corrected chi connectivity index (χ1v) is 34.6. The molecule has 0 saturated carbocycles. The first kappa shape index (κ1) is 94.3. The van der Waals surface area contributed by atoms with Gasteiger partial charge in [-0.05, 0) is 94.9 Å². The van der Waals surface area contributed by atoms with E-state index in [0.29, 0.717) is 55.4 Å². The molecular formula is C45H65F22N5O22S5. The van der Waals surface area contributed by atoms with Gasteiger partial charge in [0.25, 0.3) is 50.6 Å². The third-order valence-corrected chi connectivity index (χ3v) is 18.3. The van der Waals surface area contributed by atoms with Crippen LogP contribution in [0.5, 0.6) is 0 Å². The summed E-state index contributed by atoms with van der Waals surface area (Å²) in [7, 11) is -27.9. The standard InChI is InChI=1S/C45H65F22N5O22S5/c1-31(2,16-95(78,79)80)68-26(73)21(12-23(28(75)70-33(5,6)18-97(84,85)86)14-25(30(77)72-35(9,10)20-99(90,91)92)37(47,41(55,56)57)94-45(66,67)39(50,51)43(61,62)63)11-22(27(74)69-32(3,4)17-96(81,82)83)13-24(29(76)71-34(7,8)19-98(87,88)89)15-36(46,40(52,53)54)93-44(64,65)38(48,49)42(58,59)60/h21-25H,11-20H2,1-10H3,(H,68,73)(H,69,74)(H,70,75)(H,71,76)(H,72,77)(H,78,79,80)(H,81,82,83)(H,84,85,86)(H,87,88,89)(H,90,91,92). The molecule has 99 heavy (non-hydrogen) atoms. The molecule has 7 atom stereocenters. The quantitative estimate of drug-likeness (QED) is 0.0252. The van der Waals surface area contributed by atoms with Gasteiger partial charge in [0.15, 0.2) is 0 Å². The molecule has 0 rings (SSSR count). The summed E-state index contributed by atoms with van der Waals surface area (Å²) in [6.45, 7) is 4.35. The van der Waals surface area contributed by atoms with Crippen molar-refractivity contribution in [2.24, 2.45) is 29.6 Å². The van der Waals surface area contributed by atoms with Crippen LogP contribution in [0.4, 0.5) is 96.6 Å². The molecule has 0 spiro atoms. The van der Waals surface area contributed by atoms with Crippen molar-refractivity contribution in [1.82, 2.24) is 26.6 Å². The van der Waals surface area contributed by atoms with Crippen molar-refractivity contribution in [3.8, 4) is 0 Å². The maximum Gasteiger partial charge on any atom is 0.462 e. The highest BCUT2D eigenvalue weighted by Crippen LogP contribution is 2.56. The summed E-state index contributed by atoms with van der Waals surface area (Å²) >= 11 is 0. The van der Waals surface area contributed by atoms with Crippen molar-refractivity contribution >= 4 is 80.1 Å². The number of alkyl halides is 22. The second kappa shape index (κ2) is 30.2. The summed E-state index contributed by atoms with van der Waals surface area (Å²) in [6.07, 6.45) is -60.6. The van der Waals surface area contributed by atoms with Gasteiger partial charge in [-0.3, -0.25) is 56.2 Å². The number of halogens is 22. The molecule has 0 bridgehead atoms. The molecule has 0 radical (unpaired) electrons. The first-order valence-electron chi connectivity index (χ1n) is 26.5. The molecule has 586 valence electrons. The topological polar surface area (TPSA) is 436 Å². The van der Waals surface area contributed by atoms with Crippen LogP contribution in [0.25, 0.3) is 0 Å². The summed E-state index contributed by atoms with van der Waals surface area (Å²) in [5.74, 6) is -72.0. The van der Waals surface area contributed by atoms with E-state index in [9.17, 15) is 155 Å². The molecule has 0 aromatic heterocycles. The van der Waals surface area contributed by atoms with Crippen LogP contribution in [0, 0.1) is 29.6 Å². The molecule has 0 aromatic rings. The van der Waals surface area contributed by atoms with Crippen molar-refractivity contribution in [1.29, 1.82) is 0 Å². The van der Waals surface area contributed by atoms with Crippen molar-refractivity contribution in [2.75, 3.05) is 28.8 Å². The maximum atomic E-state index is 17.2. The number of ether oxygens (including phenoxy) is 2. The van der Waals surface area contributed by atoms with E-state index in [1.807, 2.05) is 0 Å². The second-order valence-electron chi connectivity index (χ2n) is 25.7. The lowest BCUT2D eigenvalue weighted by Gasteiger charge is -2.41. The minimum atomic E-state index is -8.06. The molecule has 0 fully saturated rings. The van der Waals surface area contributed by atoms with Crippen molar-refractivity contribution in [3.05, 3.63) is 0 Å². The van der Waals surface area contributed by atoms with Gasteiger partial charge >= 0.3 is 60.5 Å². The van der Waals surface area contributed by atoms with Gasteiger partial charge in [0.1, 0.15) is 5.92 Å². The summed E-state index contributed by atoms with van der Waals surface area (Å²) in [5.41, 5.74) is -14.2. The molecule has 0 saturated heterocycles. The highest BCUT2D eigenvalue weighted by atomic mass is 32.2. The minimum Gasteiger partial charge on any atom is -0.350 e. The number of hydrogen-bond donors (Lipinski definition) is 10. The SMILES string of the molecule is CC(C)(CS(=O)(=O)O)NC(=O)C(CC(CC(CC(F)(OC(F)(F)C(F)(F)C(F)(F)F)C(F)(F)F)C(=O)NC(C)(C)CS(=O)(=O)O)C(=O)NC(C)(C)CS(=O)(=O)O)CC(CC(C(=O)NC(C)(C)CS(=O)(=O)O)C(F)(OC(F)(F)C(F)(F)C(F)(F)F)C(F)(F)F)C(=O)NC(C)(C)CS(=O)(=O)O. The van der Waals surface area contributed by atoms with Crippen LogP contribution >= 0.6 is 0 Å². The van der Waals surface area contributed by atoms with Crippen molar-refractivity contribution < 1.29 is 195 Å². The van der Waals surface area contributed by atoms with E-state index in [2.05, 4.69) is 9.47 Å². The van der Waals surface area contributed by atoms with Crippen LogP contribution in [0.1, 0.15) is 101 Å². The largest absolute Gasteiger partial charge is 0.462 e. The number of nitrogens with one attached hydrogen (secondary N) is 5. The van der Waals surface area contributed by atoms with Gasteiger partial charge in [-0.15, -0.1) is 0 Å². The Kier molecular flexibility index (Phi) is 28.7. The van der Waals surface area contributed by atoms with E-state index < -0.39 is 259 Å². The number of carbonyl (C=O) groups excluding carboxylic acids is 5. The summed E-state index contributed by atoms with van der Waals surface area (Å²) in [4.78, 5) is 72.4. The number of rotatable bonds is 37. The fraction of sp³-hybridized carbons (Fsp3) is 0.889. The molecule has 0 aromatic carbocycles. The predicted molar refractivity (Wildman–Crippen MR) is 288 cm³/mol. The average Bonchev–Trinajstić information content (AvgIpc) is 0.747. The van der Waals surface area contributed by atoms with E-state index in [1.54, 1.807) is 10.6 Å². The third-order valence-electron chi connectivity index (χ3n) is 12.8. The van der Waals surface area contributed by atoms with Crippen LogP contribution in [0.3, 0.4) is 0 Å². The molecule has 7 unspecified atom stereocenters. The minimum absolute atomic E-state index is 0.288. The first-order chi connectivity index (χ1) is 42.6. The molecule has 54 heteroatoms. The van der Waals surface area contributed by atoms with E-state index in [0.717, 1.165) is 5.32 Å². The van der Waals surface area contributed by atoms with Gasteiger partial charge in [0, 0.05) is 30.1 Å². The zero-order valence-electron chi connectivity index (χ0n) is 52.0. The Morgan fingerprint density at radius 2 is 0.525 bits per heavy atom. The molecule has 0 heterocycles. The van der Waals surface area contributed by atoms with Crippen LogP contribution in [-0.2, 0) is 84.0 Å². The normalized spacial score (nSPS) is 17.6. The Balaban J connectivity index is 10.2. The smallest absolute Gasteiger partial charge is 0.350 e. The van der Waals surface area contributed by atoms with E-state index in [1.165, 1.54) is 10.6 Å². The number of carbonyl (C=O) groups is 5. The summed E-state index contributed by atoms with van der Waals surface area (Å²) in [6, 6.07) is 0. The monoisotopic (exact) mass is 1610 g/mol. The lowest BCUT2D eigenvalue weighted by atomic mass is 9.76. The maximum absolute atomic E-state index is 17.2. The van der Waals surface area contributed by atoms with E-state index in [4.69, 9.17) is 0 Å². The summed E-state index contributed by atoms with van der Waals surface area (Å²) < 4.78 is 495. The molecule has 0 aliphatic rings. The van der Waals surface area contributed by atoms with Crippen LogP contribution < -0.4 is 26.6 Å². The molecular weight excluding hydrogens is 1540 g/mol. The number of amides is 5. The second-order valence-corrected chi connectivity index (χ2v) is 33.0. The highest BCUT2D eigenvalue weighted by Gasteiger charge is 2.81. The lowest BCUT2D eigenvalue weighted by Crippen LogP contribution is -2.64. The molecule has 0 aliphatic heterocycles. The molecule has 10 N–H and O–H groups in total. The fourth-order valence-electron chi connectivity index (χ4n) is 9.29. The van der Waals surface area contributed by atoms with Crippen LogP contribution in [-0.4, -0.2) is 211 Å². The predicted octanol–water partition coefficient (Wildman–Crippen LogP) is 6.00. The third kappa shape index (κ3) is 29.2. The highest BCUT2D eigenvalue weighted by molar-refractivity contribution is 7.86. The van der Waals surface area contributed by atoms with Crippen LogP contribution in [0.15, 0.2) is 0 Å². The zero-order chi connectivity index (χ0) is 79.8. The Bertz CT molecular complexity index is 3520. The number of hydrogen-bond acceptors (Lipinski definition) is 17. The Morgan fingerprint density at radius 1 is 0.313 bits per heavy atom.